The van der Waals surface area contributed by atoms with E-state index in [0.717, 1.165) is 25.6 Å². The molecular formula is C10H19NO2. The molecule has 0 aromatic heterocycles. The SMILES string of the molecule is NC1CCC(CC2OCCO2)CC1. The van der Waals surface area contributed by atoms with Gasteiger partial charge in [0.15, 0.2) is 6.29 Å². The highest BCUT2D eigenvalue weighted by atomic mass is 16.7. The highest BCUT2D eigenvalue weighted by Gasteiger charge is 2.24. The second kappa shape index (κ2) is 4.40. The molecule has 0 amide bonds. The van der Waals surface area contributed by atoms with Gasteiger partial charge in [-0.05, 0) is 31.6 Å². The Morgan fingerprint density at radius 3 is 2.23 bits per heavy atom. The van der Waals surface area contributed by atoms with Gasteiger partial charge in [0, 0.05) is 12.5 Å². The lowest BCUT2D eigenvalue weighted by atomic mass is 9.84. The molecule has 1 saturated heterocycles. The quantitative estimate of drug-likeness (QED) is 0.704. The number of rotatable bonds is 2. The standard InChI is InChI=1S/C10H19NO2/c11-9-3-1-8(2-4-9)7-10-12-5-6-13-10/h8-10H,1-7,11H2. The predicted octanol–water partition coefficient (Wildman–Crippen LogP) is 1.27. The van der Waals surface area contributed by atoms with Crippen molar-refractivity contribution in [2.24, 2.45) is 11.7 Å². The van der Waals surface area contributed by atoms with Crippen molar-refractivity contribution in [3.8, 4) is 0 Å². The summed E-state index contributed by atoms with van der Waals surface area (Å²) < 4.78 is 10.9. The van der Waals surface area contributed by atoms with E-state index in [2.05, 4.69) is 0 Å². The Balaban J connectivity index is 1.69. The van der Waals surface area contributed by atoms with Crippen molar-refractivity contribution in [3.63, 3.8) is 0 Å². The maximum absolute atomic E-state index is 5.84. The van der Waals surface area contributed by atoms with Crippen LogP contribution in [-0.4, -0.2) is 25.5 Å². The maximum atomic E-state index is 5.84. The summed E-state index contributed by atoms with van der Waals surface area (Å²) in [6, 6.07) is 0.446. The second-order valence-electron chi connectivity index (χ2n) is 4.19. The van der Waals surface area contributed by atoms with Gasteiger partial charge in [-0.3, -0.25) is 0 Å². The van der Waals surface area contributed by atoms with Gasteiger partial charge in [0.1, 0.15) is 0 Å². The van der Waals surface area contributed by atoms with Crippen LogP contribution in [0.15, 0.2) is 0 Å². The average Bonchev–Trinajstić information content (AvgIpc) is 2.62. The zero-order valence-corrected chi connectivity index (χ0v) is 8.08. The van der Waals surface area contributed by atoms with Crippen LogP contribution in [0.2, 0.25) is 0 Å². The Hall–Kier alpha value is -0.120. The van der Waals surface area contributed by atoms with Gasteiger partial charge in [-0.25, -0.2) is 0 Å². The molecule has 1 aliphatic heterocycles. The van der Waals surface area contributed by atoms with E-state index >= 15 is 0 Å². The molecule has 0 unspecified atom stereocenters. The van der Waals surface area contributed by atoms with E-state index in [1.54, 1.807) is 0 Å². The van der Waals surface area contributed by atoms with Crippen molar-refractivity contribution in [2.45, 2.75) is 44.4 Å². The fraction of sp³-hybridized carbons (Fsp3) is 1.00. The molecule has 76 valence electrons. The van der Waals surface area contributed by atoms with Gasteiger partial charge < -0.3 is 15.2 Å². The first-order valence-corrected chi connectivity index (χ1v) is 5.33. The lowest BCUT2D eigenvalue weighted by Gasteiger charge is -2.27. The topological polar surface area (TPSA) is 44.5 Å². The van der Waals surface area contributed by atoms with Crippen LogP contribution in [0.1, 0.15) is 32.1 Å². The molecule has 0 aromatic rings. The lowest BCUT2D eigenvalue weighted by molar-refractivity contribution is -0.0600. The zero-order chi connectivity index (χ0) is 9.10. The molecule has 0 spiro atoms. The van der Waals surface area contributed by atoms with E-state index in [1.807, 2.05) is 0 Å². The molecule has 0 bridgehead atoms. The summed E-state index contributed by atoms with van der Waals surface area (Å²) in [5.74, 6) is 0.780. The molecule has 1 aliphatic carbocycles. The van der Waals surface area contributed by atoms with E-state index in [0.29, 0.717) is 6.04 Å². The number of hydrogen-bond donors (Lipinski definition) is 1. The maximum Gasteiger partial charge on any atom is 0.158 e. The average molecular weight is 185 g/mol. The fourth-order valence-corrected chi connectivity index (χ4v) is 2.24. The molecule has 0 atom stereocenters. The third-order valence-electron chi connectivity index (χ3n) is 3.11. The number of ether oxygens (including phenoxy) is 2. The van der Waals surface area contributed by atoms with E-state index in [4.69, 9.17) is 15.2 Å². The van der Waals surface area contributed by atoms with Crippen LogP contribution in [-0.2, 0) is 9.47 Å². The van der Waals surface area contributed by atoms with Crippen LogP contribution in [0.3, 0.4) is 0 Å². The molecule has 2 aliphatic rings. The van der Waals surface area contributed by atoms with Crippen LogP contribution in [0.25, 0.3) is 0 Å². The molecule has 2 rings (SSSR count). The van der Waals surface area contributed by atoms with Crippen molar-refractivity contribution in [1.82, 2.24) is 0 Å². The van der Waals surface area contributed by atoms with Crippen molar-refractivity contribution in [1.29, 1.82) is 0 Å². The highest BCUT2D eigenvalue weighted by Crippen LogP contribution is 2.28. The summed E-state index contributed by atoms with van der Waals surface area (Å²) in [4.78, 5) is 0. The summed E-state index contributed by atoms with van der Waals surface area (Å²) in [5.41, 5.74) is 5.84. The Kier molecular flexibility index (Phi) is 3.19. The molecular weight excluding hydrogens is 166 g/mol. The van der Waals surface area contributed by atoms with Gasteiger partial charge in [-0.2, -0.15) is 0 Å². The van der Waals surface area contributed by atoms with Crippen molar-refractivity contribution < 1.29 is 9.47 Å². The summed E-state index contributed by atoms with van der Waals surface area (Å²) in [7, 11) is 0. The minimum atomic E-state index is 0.0827. The molecule has 1 saturated carbocycles. The molecule has 3 heteroatoms. The van der Waals surface area contributed by atoms with Crippen LogP contribution >= 0.6 is 0 Å². The van der Waals surface area contributed by atoms with Crippen LogP contribution in [0.5, 0.6) is 0 Å². The van der Waals surface area contributed by atoms with Gasteiger partial charge >= 0.3 is 0 Å². The molecule has 0 radical (unpaired) electrons. The number of nitrogens with two attached hydrogens (primary N) is 1. The predicted molar refractivity (Wildman–Crippen MR) is 50.2 cm³/mol. The van der Waals surface area contributed by atoms with Crippen LogP contribution < -0.4 is 5.73 Å². The van der Waals surface area contributed by atoms with Crippen molar-refractivity contribution >= 4 is 0 Å². The molecule has 0 aromatic carbocycles. The van der Waals surface area contributed by atoms with Crippen LogP contribution in [0, 0.1) is 5.92 Å². The fourth-order valence-electron chi connectivity index (χ4n) is 2.24. The van der Waals surface area contributed by atoms with Gasteiger partial charge in [0.25, 0.3) is 0 Å². The molecule has 2 fully saturated rings. The van der Waals surface area contributed by atoms with E-state index in [9.17, 15) is 0 Å². The third-order valence-corrected chi connectivity index (χ3v) is 3.11. The van der Waals surface area contributed by atoms with Crippen molar-refractivity contribution in [3.05, 3.63) is 0 Å². The second-order valence-corrected chi connectivity index (χ2v) is 4.19. The first kappa shape index (κ1) is 9.44. The zero-order valence-electron chi connectivity index (χ0n) is 8.08. The molecule has 3 nitrogen and oxygen atoms in total. The smallest absolute Gasteiger partial charge is 0.158 e. The monoisotopic (exact) mass is 185 g/mol. The van der Waals surface area contributed by atoms with Crippen LogP contribution in [0.4, 0.5) is 0 Å². The largest absolute Gasteiger partial charge is 0.350 e. The lowest BCUT2D eigenvalue weighted by Crippen LogP contribution is -2.28. The van der Waals surface area contributed by atoms with Gasteiger partial charge in [-0.1, -0.05) is 0 Å². The van der Waals surface area contributed by atoms with Gasteiger partial charge in [-0.15, -0.1) is 0 Å². The third kappa shape index (κ3) is 2.66. The number of hydrogen-bond acceptors (Lipinski definition) is 3. The molecule has 2 N–H and O–H groups in total. The summed E-state index contributed by atoms with van der Waals surface area (Å²) in [5, 5.41) is 0. The Morgan fingerprint density at radius 1 is 1.00 bits per heavy atom. The van der Waals surface area contributed by atoms with E-state index in [-0.39, 0.29) is 6.29 Å². The van der Waals surface area contributed by atoms with E-state index in [1.165, 1.54) is 25.7 Å². The van der Waals surface area contributed by atoms with Gasteiger partial charge in [0.05, 0.1) is 13.2 Å². The van der Waals surface area contributed by atoms with Gasteiger partial charge in [0.2, 0.25) is 0 Å². The highest BCUT2D eigenvalue weighted by molar-refractivity contribution is 4.75. The Labute approximate surface area is 79.6 Å². The molecule has 1 heterocycles. The minimum Gasteiger partial charge on any atom is -0.350 e. The normalized spacial score (nSPS) is 36.7. The Morgan fingerprint density at radius 2 is 1.62 bits per heavy atom. The van der Waals surface area contributed by atoms with E-state index < -0.39 is 0 Å². The molecule has 13 heavy (non-hydrogen) atoms. The first-order valence-electron chi connectivity index (χ1n) is 5.33. The Bertz CT molecular complexity index is 149. The first-order chi connectivity index (χ1) is 6.34. The van der Waals surface area contributed by atoms with Crippen molar-refractivity contribution in [2.75, 3.05) is 13.2 Å². The summed E-state index contributed by atoms with van der Waals surface area (Å²) >= 11 is 0. The minimum absolute atomic E-state index is 0.0827. The summed E-state index contributed by atoms with van der Waals surface area (Å²) in [6.45, 7) is 1.55. The summed E-state index contributed by atoms with van der Waals surface area (Å²) in [6.07, 6.45) is 6.02.